The SMILES string of the molecule is C[C@H](N)C(=O)N[C@H](C=O)CCCCN. The third-order valence-corrected chi connectivity index (χ3v) is 1.87. The predicted molar refractivity (Wildman–Crippen MR) is 54.5 cm³/mol. The summed E-state index contributed by atoms with van der Waals surface area (Å²) in [6.45, 7) is 2.18. The topological polar surface area (TPSA) is 98.2 Å². The van der Waals surface area contributed by atoms with E-state index in [4.69, 9.17) is 11.5 Å². The second kappa shape index (κ2) is 7.46. The van der Waals surface area contributed by atoms with Gasteiger partial charge in [0, 0.05) is 0 Å². The zero-order valence-electron chi connectivity index (χ0n) is 8.53. The van der Waals surface area contributed by atoms with Crippen molar-refractivity contribution in [1.29, 1.82) is 0 Å². The van der Waals surface area contributed by atoms with Crippen LogP contribution < -0.4 is 16.8 Å². The zero-order valence-corrected chi connectivity index (χ0v) is 8.53. The molecule has 0 aliphatic rings. The first-order valence-corrected chi connectivity index (χ1v) is 4.83. The standard InChI is InChI=1S/C9H19N3O2/c1-7(11)9(14)12-8(6-13)4-2-3-5-10/h6-8H,2-5,10-11H2,1H3,(H,12,14)/t7-,8-/m0/s1. The number of carbonyl (C=O) groups excluding carboxylic acids is 2. The zero-order chi connectivity index (χ0) is 11.0. The number of nitrogens with one attached hydrogen (secondary N) is 1. The van der Waals surface area contributed by atoms with Crippen LogP contribution in [0.2, 0.25) is 0 Å². The number of carbonyl (C=O) groups is 2. The van der Waals surface area contributed by atoms with E-state index >= 15 is 0 Å². The van der Waals surface area contributed by atoms with E-state index in [1.54, 1.807) is 6.92 Å². The monoisotopic (exact) mass is 201 g/mol. The molecule has 0 rings (SSSR count). The second-order valence-corrected chi connectivity index (χ2v) is 3.32. The van der Waals surface area contributed by atoms with Gasteiger partial charge in [-0.1, -0.05) is 0 Å². The molecule has 0 heterocycles. The number of rotatable bonds is 7. The van der Waals surface area contributed by atoms with E-state index in [2.05, 4.69) is 5.32 Å². The molecule has 0 aliphatic carbocycles. The van der Waals surface area contributed by atoms with Gasteiger partial charge in [0.15, 0.2) is 0 Å². The molecule has 1 amide bonds. The van der Waals surface area contributed by atoms with Gasteiger partial charge in [0.2, 0.25) is 5.91 Å². The predicted octanol–water partition coefficient (Wildman–Crippen LogP) is -0.854. The maximum atomic E-state index is 11.1. The van der Waals surface area contributed by atoms with E-state index in [0.29, 0.717) is 13.0 Å². The van der Waals surface area contributed by atoms with Crippen LogP contribution in [0.25, 0.3) is 0 Å². The molecule has 0 aliphatic heterocycles. The Morgan fingerprint density at radius 2 is 2.14 bits per heavy atom. The van der Waals surface area contributed by atoms with E-state index < -0.39 is 12.1 Å². The lowest BCUT2D eigenvalue weighted by atomic mass is 10.1. The van der Waals surface area contributed by atoms with Crippen LogP contribution in [-0.4, -0.2) is 30.8 Å². The van der Waals surface area contributed by atoms with Crippen molar-refractivity contribution < 1.29 is 9.59 Å². The van der Waals surface area contributed by atoms with Crippen LogP contribution in [0.1, 0.15) is 26.2 Å². The molecule has 0 unspecified atom stereocenters. The van der Waals surface area contributed by atoms with Crippen molar-refractivity contribution in [3.63, 3.8) is 0 Å². The third kappa shape index (κ3) is 5.66. The number of aldehydes is 1. The molecular weight excluding hydrogens is 182 g/mol. The van der Waals surface area contributed by atoms with E-state index in [9.17, 15) is 9.59 Å². The van der Waals surface area contributed by atoms with Gasteiger partial charge in [-0.2, -0.15) is 0 Å². The van der Waals surface area contributed by atoms with E-state index in [1.165, 1.54) is 0 Å². The first kappa shape index (κ1) is 13.1. The van der Waals surface area contributed by atoms with E-state index in [0.717, 1.165) is 19.1 Å². The first-order chi connectivity index (χ1) is 6.61. The van der Waals surface area contributed by atoms with Crippen molar-refractivity contribution in [3.8, 4) is 0 Å². The van der Waals surface area contributed by atoms with Crippen LogP contribution in [0, 0.1) is 0 Å². The molecule has 5 N–H and O–H groups in total. The molecule has 0 saturated carbocycles. The summed E-state index contributed by atoms with van der Waals surface area (Å²) in [6.07, 6.45) is 3.05. The Hall–Kier alpha value is -0.940. The van der Waals surface area contributed by atoms with Crippen LogP contribution in [0.15, 0.2) is 0 Å². The van der Waals surface area contributed by atoms with E-state index in [1.807, 2.05) is 0 Å². The average molecular weight is 201 g/mol. The van der Waals surface area contributed by atoms with Crippen molar-refractivity contribution in [2.24, 2.45) is 11.5 Å². The van der Waals surface area contributed by atoms with Gasteiger partial charge in [-0.3, -0.25) is 4.79 Å². The molecule has 5 heteroatoms. The summed E-state index contributed by atoms with van der Waals surface area (Å²) in [4.78, 5) is 21.7. The fraction of sp³-hybridized carbons (Fsp3) is 0.778. The molecule has 0 spiro atoms. The highest BCUT2D eigenvalue weighted by Crippen LogP contribution is 1.98. The van der Waals surface area contributed by atoms with Crippen LogP contribution in [0.3, 0.4) is 0 Å². The van der Waals surface area contributed by atoms with Crippen molar-refractivity contribution in [2.45, 2.75) is 38.3 Å². The molecule has 5 nitrogen and oxygen atoms in total. The molecule has 0 fully saturated rings. The molecule has 0 bridgehead atoms. The average Bonchev–Trinajstić information content (AvgIpc) is 2.16. The van der Waals surface area contributed by atoms with Crippen molar-refractivity contribution in [2.75, 3.05) is 6.54 Å². The van der Waals surface area contributed by atoms with Gasteiger partial charge in [0.1, 0.15) is 6.29 Å². The summed E-state index contributed by atoms with van der Waals surface area (Å²) < 4.78 is 0. The number of hydrogen-bond donors (Lipinski definition) is 3. The Morgan fingerprint density at radius 1 is 1.50 bits per heavy atom. The van der Waals surface area contributed by atoms with Crippen molar-refractivity contribution in [1.82, 2.24) is 5.32 Å². The summed E-state index contributed by atoms with van der Waals surface area (Å²) in [5, 5.41) is 2.55. The van der Waals surface area contributed by atoms with Crippen LogP contribution in [-0.2, 0) is 9.59 Å². The Morgan fingerprint density at radius 3 is 2.57 bits per heavy atom. The molecule has 0 aromatic rings. The fourth-order valence-corrected chi connectivity index (χ4v) is 0.997. The van der Waals surface area contributed by atoms with Crippen LogP contribution >= 0.6 is 0 Å². The molecule has 0 aromatic carbocycles. The molecule has 0 radical (unpaired) electrons. The highest BCUT2D eigenvalue weighted by molar-refractivity contribution is 5.83. The lowest BCUT2D eigenvalue weighted by Gasteiger charge is -2.13. The molecule has 82 valence electrons. The summed E-state index contributed by atoms with van der Waals surface area (Å²) in [5.41, 5.74) is 10.7. The fourth-order valence-electron chi connectivity index (χ4n) is 0.997. The van der Waals surface area contributed by atoms with Crippen LogP contribution in [0.4, 0.5) is 0 Å². The number of amides is 1. The molecule has 2 atom stereocenters. The summed E-state index contributed by atoms with van der Waals surface area (Å²) >= 11 is 0. The van der Waals surface area contributed by atoms with Gasteiger partial charge >= 0.3 is 0 Å². The molecule has 14 heavy (non-hydrogen) atoms. The van der Waals surface area contributed by atoms with Crippen molar-refractivity contribution >= 4 is 12.2 Å². The lowest BCUT2D eigenvalue weighted by Crippen LogP contribution is -2.44. The number of nitrogens with two attached hydrogens (primary N) is 2. The van der Waals surface area contributed by atoms with Gasteiger partial charge in [-0.15, -0.1) is 0 Å². The maximum Gasteiger partial charge on any atom is 0.237 e. The minimum Gasteiger partial charge on any atom is -0.345 e. The molecule has 0 aromatic heterocycles. The van der Waals surface area contributed by atoms with Gasteiger partial charge in [-0.05, 0) is 32.7 Å². The van der Waals surface area contributed by atoms with Gasteiger partial charge in [0.05, 0.1) is 12.1 Å². The van der Waals surface area contributed by atoms with Gasteiger partial charge < -0.3 is 21.6 Å². The smallest absolute Gasteiger partial charge is 0.237 e. The van der Waals surface area contributed by atoms with Crippen LogP contribution in [0.5, 0.6) is 0 Å². The largest absolute Gasteiger partial charge is 0.345 e. The lowest BCUT2D eigenvalue weighted by molar-refractivity contribution is -0.124. The molecular formula is C9H19N3O2. The number of hydrogen-bond acceptors (Lipinski definition) is 4. The Balaban J connectivity index is 3.78. The highest BCUT2D eigenvalue weighted by Gasteiger charge is 2.13. The van der Waals surface area contributed by atoms with E-state index in [-0.39, 0.29) is 5.91 Å². The van der Waals surface area contributed by atoms with Crippen molar-refractivity contribution in [3.05, 3.63) is 0 Å². The summed E-state index contributed by atoms with van der Waals surface area (Å²) in [7, 11) is 0. The molecule has 0 saturated heterocycles. The third-order valence-electron chi connectivity index (χ3n) is 1.87. The second-order valence-electron chi connectivity index (χ2n) is 3.32. The number of unbranched alkanes of at least 4 members (excludes halogenated alkanes) is 1. The minimum atomic E-state index is -0.577. The summed E-state index contributed by atoms with van der Waals surface area (Å²) in [5.74, 6) is -0.296. The van der Waals surface area contributed by atoms with Gasteiger partial charge in [0.25, 0.3) is 0 Å². The first-order valence-electron chi connectivity index (χ1n) is 4.83. The minimum absolute atomic E-state index is 0.296. The Bertz CT molecular complexity index is 183. The summed E-state index contributed by atoms with van der Waals surface area (Å²) in [6, 6.07) is -1.01. The quantitative estimate of drug-likeness (QED) is 0.369. The normalized spacial score (nSPS) is 14.5. The van der Waals surface area contributed by atoms with Gasteiger partial charge in [-0.25, -0.2) is 0 Å². The Labute approximate surface area is 84.2 Å². The highest BCUT2D eigenvalue weighted by atomic mass is 16.2. The maximum absolute atomic E-state index is 11.1. The Kier molecular flexibility index (Phi) is 6.96.